The van der Waals surface area contributed by atoms with Crippen molar-refractivity contribution < 1.29 is 47.8 Å². The molecule has 0 N–H and O–H groups in total. The van der Waals surface area contributed by atoms with Crippen molar-refractivity contribution >= 4 is 0 Å². The van der Waals surface area contributed by atoms with Crippen LogP contribution in [0.2, 0.25) is 0 Å². The molecule has 1 radical (unpaired) electrons. The first-order valence-corrected chi connectivity index (χ1v) is 0. The molecule has 0 saturated carbocycles. The predicted octanol–water partition coefficient (Wildman–Crippen LogP) is -0.243. The molecule has 4 heteroatoms. The first-order chi connectivity index (χ1) is 0. The van der Waals surface area contributed by atoms with Crippen LogP contribution in [0.15, 0.2) is 0 Å². The van der Waals surface area contributed by atoms with Crippen LogP contribution in [0.3, 0.4) is 0 Å². The van der Waals surface area contributed by atoms with Crippen LogP contribution in [0, 0.1) is 0 Å². The molecular formula is CrO2Zn+. The first-order valence-electron chi connectivity index (χ1n) is 0. The van der Waals surface area contributed by atoms with Crippen LogP contribution in [0.25, 0.3) is 0 Å². The zero-order chi connectivity index (χ0) is 0. The second-order valence-electron chi connectivity index (χ2n) is 0. The normalized spacial score (nSPS) is 0. The Balaban J connectivity index is 0. The van der Waals surface area contributed by atoms with Gasteiger partial charge in [-0.3, -0.25) is 0 Å². The van der Waals surface area contributed by atoms with Gasteiger partial charge in [-0.25, -0.2) is 0 Å². The van der Waals surface area contributed by atoms with Crippen LogP contribution in [0.4, 0.5) is 0 Å². The third-order valence-corrected chi connectivity index (χ3v) is 0. The Labute approximate surface area is 48.1 Å². The van der Waals surface area contributed by atoms with E-state index >= 15 is 0 Å². The second kappa shape index (κ2) is 33.3. The maximum Gasteiger partial charge on any atom is 3.00 e. The smallest absolute Gasteiger partial charge is 2.00 e. The molecule has 0 aliphatic rings. The van der Waals surface area contributed by atoms with E-state index in [1.54, 1.807) is 0 Å². The van der Waals surface area contributed by atoms with Crippen molar-refractivity contribution in [1.29, 1.82) is 0 Å². The summed E-state index contributed by atoms with van der Waals surface area (Å²) in [5, 5.41) is 0. The van der Waals surface area contributed by atoms with Crippen molar-refractivity contribution in [3.05, 3.63) is 0 Å². The summed E-state index contributed by atoms with van der Waals surface area (Å²) in [6.07, 6.45) is 0. The van der Waals surface area contributed by atoms with Crippen molar-refractivity contribution in [2.45, 2.75) is 0 Å². The first kappa shape index (κ1) is 72.9. The topological polar surface area (TPSA) is 57.0 Å². The Morgan fingerprint density at radius 2 is 0.750 bits per heavy atom. The summed E-state index contributed by atoms with van der Waals surface area (Å²) in [5.74, 6) is 0. The van der Waals surface area contributed by atoms with Crippen LogP contribution < -0.4 is 0 Å². The molecule has 19 valence electrons. The minimum atomic E-state index is 0. The summed E-state index contributed by atoms with van der Waals surface area (Å²) in [4.78, 5) is 0. The molecular weight excluding hydrogens is 149 g/mol. The van der Waals surface area contributed by atoms with Gasteiger partial charge in [0.2, 0.25) is 0 Å². The fourth-order valence-corrected chi connectivity index (χ4v) is 0. The summed E-state index contributed by atoms with van der Waals surface area (Å²) in [7, 11) is 0. The van der Waals surface area contributed by atoms with Gasteiger partial charge >= 0.3 is 36.8 Å². The monoisotopic (exact) mass is 148 g/mol. The summed E-state index contributed by atoms with van der Waals surface area (Å²) in [5.41, 5.74) is 0. The Morgan fingerprint density at radius 3 is 0.750 bits per heavy atom. The van der Waals surface area contributed by atoms with E-state index < -0.39 is 0 Å². The molecule has 0 amide bonds. The van der Waals surface area contributed by atoms with E-state index in [0.717, 1.165) is 0 Å². The second-order valence-corrected chi connectivity index (χ2v) is 0. The van der Waals surface area contributed by atoms with Gasteiger partial charge < -0.3 is 11.0 Å². The van der Waals surface area contributed by atoms with E-state index in [1.165, 1.54) is 0 Å². The zero-order valence-electron chi connectivity index (χ0n) is 1.93. The van der Waals surface area contributed by atoms with Crippen molar-refractivity contribution in [3.63, 3.8) is 0 Å². The van der Waals surface area contributed by atoms with Gasteiger partial charge in [0.1, 0.15) is 0 Å². The van der Waals surface area contributed by atoms with E-state index in [2.05, 4.69) is 0 Å². The number of hydrogen-bond acceptors (Lipinski definition) is 0. The van der Waals surface area contributed by atoms with Gasteiger partial charge in [-0.05, 0) is 0 Å². The van der Waals surface area contributed by atoms with Crippen LogP contribution in [-0.2, 0) is 47.8 Å². The van der Waals surface area contributed by atoms with Crippen molar-refractivity contribution in [1.82, 2.24) is 0 Å². The van der Waals surface area contributed by atoms with Gasteiger partial charge in [0, 0.05) is 0 Å². The average Bonchev–Trinajstić information content (AvgIpc) is 0. The maximum absolute atomic E-state index is 0. The number of hydrogen-bond donors (Lipinski definition) is 0. The van der Waals surface area contributed by atoms with Crippen LogP contribution in [-0.4, -0.2) is 0 Å². The van der Waals surface area contributed by atoms with E-state index in [1.807, 2.05) is 0 Å². The fourth-order valence-electron chi connectivity index (χ4n) is 0. The SMILES string of the molecule is [Cr+3].[O-2].[O-2].[Zn+2]. The molecule has 0 saturated heterocycles. The molecule has 0 rings (SSSR count). The Bertz CT molecular complexity index is 6.00. The summed E-state index contributed by atoms with van der Waals surface area (Å²) >= 11 is 0. The van der Waals surface area contributed by atoms with Gasteiger partial charge in [0.15, 0.2) is 0 Å². The van der Waals surface area contributed by atoms with E-state index in [9.17, 15) is 0 Å². The Morgan fingerprint density at radius 1 is 0.750 bits per heavy atom. The zero-order valence-corrected chi connectivity index (χ0v) is 6.17. The molecule has 0 aromatic heterocycles. The van der Waals surface area contributed by atoms with E-state index in [4.69, 9.17) is 0 Å². The van der Waals surface area contributed by atoms with Crippen molar-refractivity contribution in [2.75, 3.05) is 0 Å². The van der Waals surface area contributed by atoms with Gasteiger partial charge in [-0.15, -0.1) is 0 Å². The summed E-state index contributed by atoms with van der Waals surface area (Å²) in [6.45, 7) is 0. The van der Waals surface area contributed by atoms with Crippen LogP contribution in [0.1, 0.15) is 0 Å². The standard InChI is InChI=1S/Cr.2O.Zn/q+3;2*-2;+2. The predicted molar refractivity (Wildman–Crippen MR) is 1.37 cm³/mol. The molecule has 2 nitrogen and oxygen atoms in total. The van der Waals surface area contributed by atoms with E-state index in [0.29, 0.717) is 0 Å². The third-order valence-electron chi connectivity index (χ3n) is 0. The molecule has 0 fully saturated rings. The molecule has 0 aromatic rings. The van der Waals surface area contributed by atoms with Crippen molar-refractivity contribution in [2.24, 2.45) is 0 Å². The van der Waals surface area contributed by atoms with E-state index in [-0.39, 0.29) is 47.8 Å². The average molecular weight is 149 g/mol. The third kappa shape index (κ3) is 11.5. The van der Waals surface area contributed by atoms with Crippen LogP contribution in [0.5, 0.6) is 0 Å². The molecule has 0 aliphatic carbocycles. The quantitative estimate of drug-likeness (QED) is 0.427. The van der Waals surface area contributed by atoms with Gasteiger partial charge in [0.25, 0.3) is 0 Å². The molecule has 0 unspecified atom stereocenters. The largest absolute Gasteiger partial charge is 3.00 e. The molecule has 0 aromatic carbocycles. The Kier molecular flexibility index (Phi) is 607. The molecule has 0 heterocycles. The van der Waals surface area contributed by atoms with Gasteiger partial charge in [-0.1, -0.05) is 0 Å². The maximum atomic E-state index is 0. The minimum Gasteiger partial charge on any atom is -2.00 e. The minimum absolute atomic E-state index is 0. The molecule has 0 bridgehead atoms. The summed E-state index contributed by atoms with van der Waals surface area (Å²) in [6, 6.07) is 0. The van der Waals surface area contributed by atoms with Crippen molar-refractivity contribution in [3.8, 4) is 0 Å². The molecule has 4 heavy (non-hydrogen) atoms. The molecule has 0 spiro atoms. The molecule has 0 aliphatic heterocycles. The summed E-state index contributed by atoms with van der Waals surface area (Å²) < 4.78 is 0. The Hall–Kier alpha value is 1.08. The number of rotatable bonds is 0. The fraction of sp³-hybridized carbons (Fsp3) is 0. The van der Waals surface area contributed by atoms with Gasteiger partial charge in [0.05, 0.1) is 0 Å². The van der Waals surface area contributed by atoms with Gasteiger partial charge in [-0.2, -0.15) is 0 Å². The molecule has 0 atom stereocenters. The van der Waals surface area contributed by atoms with Crippen LogP contribution >= 0.6 is 0 Å².